The molecule has 5 nitrogen and oxygen atoms in total. The number of hydrogen-bond donors (Lipinski definition) is 0. The van der Waals surface area contributed by atoms with Gasteiger partial charge in [-0.05, 0) is 19.4 Å². The van der Waals surface area contributed by atoms with Crippen LogP contribution in [0, 0.1) is 0 Å². The minimum atomic E-state index is -0.523. The summed E-state index contributed by atoms with van der Waals surface area (Å²) in [4.78, 5) is 25.6. The number of rotatable bonds is 5. The molecular weight excluding hydrogens is 246 g/mol. The first kappa shape index (κ1) is 15.3. The van der Waals surface area contributed by atoms with Crippen LogP contribution in [0.1, 0.15) is 26.7 Å². The third kappa shape index (κ3) is 3.36. The average Bonchev–Trinajstić information content (AvgIpc) is 2.43. The average molecular weight is 267 g/mol. The van der Waals surface area contributed by atoms with Crippen molar-refractivity contribution in [3.8, 4) is 0 Å². The van der Waals surface area contributed by atoms with E-state index in [9.17, 15) is 9.59 Å². The number of nitrogens with zero attached hydrogens (tertiary/aromatic N) is 1. The summed E-state index contributed by atoms with van der Waals surface area (Å²) in [7, 11) is 2.61. The van der Waals surface area contributed by atoms with E-state index in [2.05, 4.69) is 6.92 Å². The van der Waals surface area contributed by atoms with E-state index in [0.29, 0.717) is 6.54 Å². The van der Waals surface area contributed by atoms with E-state index in [0.717, 1.165) is 12.8 Å². The molecule has 0 radical (unpaired) electrons. The first-order valence-corrected chi connectivity index (χ1v) is 6.42. The van der Waals surface area contributed by atoms with Crippen LogP contribution < -0.4 is 0 Å². The first-order valence-electron chi connectivity index (χ1n) is 6.42. The quantitative estimate of drug-likeness (QED) is 0.709. The number of unbranched alkanes of at least 4 members (excludes halogenated alkanes) is 1. The summed E-state index contributed by atoms with van der Waals surface area (Å²) in [5.41, 5.74) is 0.543. The van der Waals surface area contributed by atoms with Gasteiger partial charge in [-0.25, -0.2) is 9.59 Å². The smallest absolute Gasteiger partial charge is 0.355 e. The topological polar surface area (TPSA) is 55.8 Å². The van der Waals surface area contributed by atoms with Crippen molar-refractivity contribution in [2.24, 2.45) is 0 Å². The van der Waals surface area contributed by atoms with Gasteiger partial charge in [0, 0.05) is 12.6 Å². The van der Waals surface area contributed by atoms with E-state index in [1.807, 2.05) is 17.9 Å². The van der Waals surface area contributed by atoms with Crippen molar-refractivity contribution in [3.63, 3.8) is 0 Å². The lowest BCUT2D eigenvalue weighted by atomic mass is 10.0. The van der Waals surface area contributed by atoms with E-state index < -0.39 is 11.9 Å². The molecule has 1 unspecified atom stereocenters. The summed E-state index contributed by atoms with van der Waals surface area (Å²) in [5.74, 6) is -1.03. The molecule has 106 valence electrons. The molecule has 0 aromatic rings. The first-order chi connectivity index (χ1) is 9.06. The molecule has 1 heterocycles. The molecular formula is C14H21NO4. The number of carbonyl (C=O) groups is 2. The maximum absolute atomic E-state index is 12.0. The van der Waals surface area contributed by atoms with Gasteiger partial charge in [0.05, 0.1) is 19.8 Å². The highest BCUT2D eigenvalue weighted by atomic mass is 16.5. The second kappa shape index (κ2) is 6.97. The number of methoxy groups -OCH3 is 2. The van der Waals surface area contributed by atoms with Crippen LogP contribution >= 0.6 is 0 Å². The third-order valence-electron chi connectivity index (χ3n) is 3.11. The van der Waals surface area contributed by atoms with Crippen LogP contribution in [-0.2, 0) is 19.1 Å². The maximum Gasteiger partial charge on any atom is 0.355 e. The van der Waals surface area contributed by atoms with Crippen LogP contribution in [0.4, 0.5) is 0 Å². The Balaban J connectivity index is 3.19. The molecule has 0 N–H and O–H groups in total. The van der Waals surface area contributed by atoms with E-state index in [-0.39, 0.29) is 17.3 Å². The Morgan fingerprint density at radius 2 is 1.89 bits per heavy atom. The molecule has 0 saturated heterocycles. The fourth-order valence-electron chi connectivity index (χ4n) is 2.02. The molecule has 0 aliphatic carbocycles. The van der Waals surface area contributed by atoms with Crippen LogP contribution in [0.2, 0.25) is 0 Å². The van der Waals surface area contributed by atoms with Crippen molar-refractivity contribution in [1.82, 2.24) is 4.90 Å². The fourth-order valence-corrected chi connectivity index (χ4v) is 2.02. The summed E-state index contributed by atoms with van der Waals surface area (Å²) in [6.07, 6.45) is 5.46. The minimum absolute atomic E-state index is 0.0501. The van der Waals surface area contributed by atoms with Crippen LogP contribution in [0.15, 0.2) is 23.4 Å². The van der Waals surface area contributed by atoms with Gasteiger partial charge in [0.2, 0.25) is 0 Å². The zero-order valence-corrected chi connectivity index (χ0v) is 11.9. The monoisotopic (exact) mass is 267 g/mol. The Hall–Kier alpha value is -1.78. The maximum atomic E-state index is 12.0. The Bertz CT molecular complexity index is 412. The third-order valence-corrected chi connectivity index (χ3v) is 3.11. The molecule has 5 heteroatoms. The summed E-state index contributed by atoms with van der Waals surface area (Å²) in [6, 6.07) is 0.0501. The fraction of sp³-hybridized carbons (Fsp3) is 0.571. The Morgan fingerprint density at radius 1 is 1.26 bits per heavy atom. The van der Waals surface area contributed by atoms with Crippen LogP contribution in [0.3, 0.4) is 0 Å². The van der Waals surface area contributed by atoms with Gasteiger partial charge in [0.1, 0.15) is 5.70 Å². The van der Waals surface area contributed by atoms with Gasteiger partial charge in [-0.3, -0.25) is 0 Å². The van der Waals surface area contributed by atoms with Crippen molar-refractivity contribution >= 4 is 11.9 Å². The summed E-state index contributed by atoms with van der Waals surface area (Å²) in [5, 5.41) is 0. The van der Waals surface area contributed by atoms with E-state index in [1.54, 1.807) is 6.08 Å². The highest BCUT2D eigenvalue weighted by molar-refractivity contribution is 6.02. The highest BCUT2D eigenvalue weighted by Gasteiger charge is 2.30. The lowest BCUT2D eigenvalue weighted by molar-refractivity contribution is -0.140. The molecule has 0 aromatic heterocycles. The molecule has 0 saturated carbocycles. The molecule has 1 rings (SSSR count). The molecule has 0 spiro atoms. The Labute approximate surface area is 113 Å². The van der Waals surface area contributed by atoms with Crippen molar-refractivity contribution in [3.05, 3.63) is 23.4 Å². The SMILES string of the molecule is CCCCN1C(C(=O)OC)=C(C(=O)OC)C=CC1C. The van der Waals surface area contributed by atoms with Crippen molar-refractivity contribution in [2.75, 3.05) is 20.8 Å². The lowest BCUT2D eigenvalue weighted by Gasteiger charge is -2.33. The van der Waals surface area contributed by atoms with Gasteiger partial charge in [-0.1, -0.05) is 19.4 Å². The van der Waals surface area contributed by atoms with E-state index in [1.165, 1.54) is 14.2 Å². The summed E-state index contributed by atoms with van der Waals surface area (Å²) >= 11 is 0. The molecule has 0 bridgehead atoms. The van der Waals surface area contributed by atoms with E-state index in [4.69, 9.17) is 9.47 Å². The summed E-state index contributed by atoms with van der Waals surface area (Å²) < 4.78 is 9.51. The second-order valence-corrected chi connectivity index (χ2v) is 4.39. The molecule has 1 aliphatic heterocycles. The van der Waals surface area contributed by atoms with Crippen LogP contribution in [-0.4, -0.2) is 43.6 Å². The van der Waals surface area contributed by atoms with Crippen LogP contribution in [0.25, 0.3) is 0 Å². The van der Waals surface area contributed by atoms with Gasteiger partial charge in [0.15, 0.2) is 0 Å². The predicted octanol–water partition coefficient (Wildman–Crippen LogP) is 1.65. The minimum Gasteiger partial charge on any atom is -0.465 e. The van der Waals surface area contributed by atoms with Gasteiger partial charge < -0.3 is 14.4 Å². The van der Waals surface area contributed by atoms with Gasteiger partial charge in [-0.2, -0.15) is 0 Å². The number of carbonyl (C=O) groups excluding carboxylic acids is 2. The van der Waals surface area contributed by atoms with Gasteiger partial charge in [-0.15, -0.1) is 0 Å². The van der Waals surface area contributed by atoms with Crippen molar-refractivity contribution in [2.45, 2.75) is 32.7 Å². The second-order valence-electron chi connectivity index (χ2n) is 4.39. The zero-order valence-electron chi connectivity index (χ0n) is 11.9. The number of esters is 2. The highest BCUT2D eigenvalue weighted by Crippen LogP contribution is 2.24. The lowest BCUT2D eigenvalue weighted by Crippen LogP contribution is -2.39. The normalized spacial score (nSPS) is 18.5. The van der Waals surface area contributed by atoms with Gasteiger partial charge >= 0.3 is 11.9 Å². The predicted molar refractivity (Wildman–Crippen MR) is 71.3 cm³/mol. The molecule has 0 fully saturated rings. The molecule has 19 heavy (non-hydrogen) atoms. The number of hydrogen-bond acceptors (Lipinski definition) is 5. The Morgan fingerprint density at radius 3 is 2.42 bits per heavy atom. The number of ether oxygens (including phenoxy) is 2. The van der Waals surface area contributed by atoms with Crippen LogP contribution in [0.5, 0.6) is 0 Å². The molecule has 0 aromatic carbocycles. The summed E-state index contributed by atoms with van der Waals surface area (Å²) in [6.45, 7) is 4.75. The van der Waals surface area contributed by atoms with Gasteiger partial charge in [0.25, 0.3) is 0 Å². The molecule has 1 aliphatic rings. The van der Waals surface area contributed by atoms with E-state index >= 15 is 0 Å². The standard InChI is InChI=1S/C14H21NO4/c1-5-6-9-15-10(2)7-8-11(13(16)18-3)12(15)14(17)19-4/h7-8,10H,5-6,9H2,1-4H3. The largest absolute Gasteiger partial charge is 0.465 e. The van der Waals surface area contributed by atoms with Crippen molar-refractivity contribution < 1.29 is 19.1 Å². The molecule has 1 atom stereocenters. The zero-order chi connectivity index (χ0) is 14.4. The Kier molecular flexibility index (Phi) is 5.60. The molecule has 0 amide bonds. The van der Waals surface area contributed by atoms with Crippen molar-refractivity contribution in [1.29, 1.82) is 0 Å².